The molecule has 1 aromatic heterocycles. The van der Waals surface area contributed by atoms with Crippen molar-refractivity contribution in [2.45, 2.75) is 19.9 Å². The fourth-order valence-corrected chi connectivity index (χ4v) is 2.38. The molecule has 1 heterocycles. The molecule has 0 amide bonds. The second-order valence-corrected chi connectivity index (χ2v) is 5.33. The van der Waals surface area contributed by atoms with Gasteiger partial charge in [-0.1, -0.05) is 37.3 Å². The van der Waals surface area contributed by atoms with Gasteiger partial charge in [0.15, 0.2) is 11.8 Å². The van der Waals surface area contributed by atoms with E-state index in [2.05, 4.69) is 39.6 Å². The maximum atomic E-state index is 5.98. The third-order valence-electron chi connectivity index (χ3n) is 3.65. The molecule has 0 aliphatic heterocycles. The van der Waals surface area contributed by atoms with Gasteiger partial charge < -0.3 is 11.1 Å². The highest BCUT2D eigenvalue weighted by Gasteiger charge is 2.05. The highest BCUT2D eigenvalue weighted by atomic mass is 15.3. The summed E-state index contributed by atoms with van der Waals surface area (Å²) in [6.07, 6.45) is 2.65. The molecule has 0 radical (unpaired) electrons. The molecule has 6 heteroatoms. The van der Waals surface area contributed by atoms with E-state index in [1.165, 1.54) is 5.56 Å². The Morgan fingerprint density at radius 1 is 1.17 bits per heavy atom. The van der Waals surface area contributed by atoms with Gasteiger partial charge in [0.2, 0.25) is 0 Å². The van der Waals surface area contributed by atoms with Crippen molar-refractivity contribution >= 4 is 11.6 Å². The third-order valence-corrected chi connectivity index (χ3v) is 3.65. The predicted octanol–water partition coefficient (Wildman–Crippen LogP) is 2.76. The fourth-order valence-electron chi connectivity index (χ4n) is 2.38. The molecule has 0 fully saturated rings. The van der Waals surface area contributed by atoms with Crippen LogP contribution in [0.25, 0.3) is 5.69 Å². The molecular weight excluding hydrogens is 300 g/mol. The lowest BCUT2D eigenvalue weighted by Crippen LogP contribution is -2.23. The van der Waals surface area contributed by atoms with Crippen LogP contribution in [0.4, 0.5) is 5.69 Å². The summed E-state index contributed by atoms with van der Waals surface area (Å²) in [6.45, 7) is 2.47. The number of nitrogens with two attached hydrogens (primary N) is 1. The Bertz CT molecular complexity index is 822. The molecule has 0 saturated carbocycles. The van der Waals surface area contributed by atoms with Gasteiger partial charge in [-0.15, -0.1) is 10.2 Å². The molecule has 0 aliphatic carbocycles. The monoisotopic (exact) mass is 320 g/mol. The van der Waals surface area contributed by atoms with Gasteiger partial charge in [-0.3, -0.25) is 4.57 Å². The van der Waals surface area contributed by atoms with E-state index in [9.17, 15) is 0 Å². The Morgan fingerprint density at radius 2 is 2.00 bits per heavy atom. The van der Waals surface area contributed by atoms with Crippen LogP contribution < -0.4 is 11.1 Å². The largest absolute Gasteiger partial charge is 0.370 e. The number of benzene rings is 2. The number of para-hydroxylation sites is 1. The zero-order chi connectivity index (χ0) is 16.8. The van der Waals surface area contributed by atoms with Gasteiger partial charge in [0, 0.05) is 11.4 Å². The molecule has 0 aliphatic rings. The van der Waals surface area contributed by atoms with Crippen LogP contribution in [-0.2, 0) is 13.0 Å². The summed E-state index contributed by atoms with van der Waals surface area (Å²) in [5.74, 6) is 1.08. The lowest BCUT2D eigenvalue weighted by atomic mass is 10.1. The number of anilines is 1. The average Bonchev–Trinajstić information content (AvgIpc) is 3.09. The Morgan fingerprint density at radius 3 is 2.79 bits per heavy atom. The number of aliphatic imine (C=N–C) groups is 1. The SMILES string of the molecule is CCc1cccc(NC(N)=NCc2nncn2-c2ccccc2)c1. The second kappa shape index (κ2) is 7.41. The minimum absolute atomic E-state index is 0.348. The fraction of sp³-hybridized carbons (Fsp3) is 0.167. The molecule has 24 heavy (non-hydrogen) atoms. The molecule has 6 nitrogen and oxygen atoms in total. The van der Waals surface area contributed by atoms with Gasteiger partial charge in [-0.25, -0.2) is 4.99 Å². The van der Waals surface area contributed by atoms with Gasteiger partial charge in [-0.2, -0.15) is 0 Å². The van der Waals surface area contributed by atoms with Crippen molar-refractivity contribution in [1.82, 2.24) is 14.8 Å². The van der Waals surface area contributed by atoms with Crippen molar-refractivity contribution in [2.75, 3.05) is 5.32 Å². The number of guanidine groups is 1. The summed E-state index contributed by atoms with van der Waals surface area (Å²) in [5, 5.41) is 11.2. The van der Waals surface area contributed by atoms with Crippen LogP contribution in [0.3, 0.4) is 0 Å². The molecule has 2 aromatic carbocycles. The molecule has 0 atom stereocenters. The first kappa shape index (κ1) is 15.7. The number of aryl methyl sites for hydroxylation is 1. The summed E-state index contributed by atoms with van der Waals surface area (Å²) in [6, 6.07) is 18.0. The number of nitrogens with zero attached hydrogens (tertiary/aromatic N) is 4. The summed E-state index contributed by atoms with van der Waals surface area (Å²) < 4.78 is 1.90. The molecule has 122 valence electrons. The van der Waals surface area contributed by atoms with E-state index in [-0.39, 0.29) is 0 Å². The van der Waals surface area contributed by atoms with Crippen LogP contribution in [0.15, 0.2) is 65.9 Å². The third kappa shape index (κ3) is 3.78. The van der Waals surface area contributed by atoms with Crippen LogP contribution in [-0.4, -0.2) is 20.7 Å². The zero-order valence-electron chi connectivity index (χ0n) is 13.6. The van der Waals surface area contributed by atoms with Gasteiger partial charge in [0.1, 0.15) is 12.9 Å². The van der Waals surface area contributed by atoms with E-state index in [4.69, 9.17) is 5.73 Å². The van der Waals surface area contributed by atoms with Crippen molar-refractivity contribution in [1.29, 1.82) is 0 Å². The minimum Gasteiger partial charge on any atom is -0.370 e. The Labute approximate surface area is 141 Å². The van der Waals surface area contributed by atoms with E-state index in [0.717, 1.165) is 23.6 Å². The topological polar surface area (TPSA) is 81.1 Å². The van der Waals surface area contributed by atoms with Crippen molar-refractivity contribution in [3.63, 3.8) is 0 Å². The van der Waals surface area contributed by atoms with E-state index >= 15 is 0 Å². The first-order valence-corrected chi connectivity index (χ1v) is 7.86. The van der Waals surface area contributed by atoms with Crippen molar-refractivity contribution in [2.24, 2.45) is 10.7 Å². The molecule has 0 bridgehead atoms. The molecular formula is C18H20N6. The number of hydrogen-bond acceptors (Lipinski definition) is 3. The quantitative estimate of drug-likeness (QED) is 0.559. The standard InChI is InChI=1S/C18H20N6/c1-2-14-7-6-8-15(11-14)22-18(19)20-12-17-23-21-13-24(17)16-9-4-3-5-10-16/h3-11,13H,2,12H2,1H3,(H3,19,20,22). The lowest BCUT2D eigenvalue weighted by Gasteiger charge is -2.08. The normalized spacial score (nSPS) is 11.5. The summed E-state index contributed by atoms with van der Waals surface area (Å²) >= 11 is 0. The van der Waals surface area contributed by atoms with Crippen molar-refractivity contribution in [3.8, 4) is 5.69 Å². The smallest absolute Gasteiger partial charge is 0.193 e. The van der Waals surface area contributed by atoms with Gasteiger partial charge in [0.25, 0.3) is 0 Å². The number of hydrogen-bond donors (Lipinski definition) is 2. The van der Waals surface area contributed by atoms with Crippen LogP contribution in [0.2, 0.25) is 0 Å². The van der Waals surface area contributed by atoms with Crippen LogP contribution in [0.1, 0.15) is 18.3 Å². The van der Waals surface area contributed by atoms with E-state index in [1.54, 1.807) is 6.33 Å². The zero-order valence-corrected chi connectivity index (χ0v) is 13.6. The van der Waals surface area contributed by atoms with Crippen LogP contribution in [0, 0.1) is 0 Å². The summed E-state index contributed by atoms with van der Waals surface area (Å²) in [7, 11) is 0. The first-order valence-electron chi connectivity index (χ1n) is 7.86. The van der Waals surface area contributed by atoms with Gasteiger partial charge >= 0.3 is 0 Å². The van der Waals surface area contributed by atoms with E-state index in [0.29, 0.717) is 12.5 Å². The predicted molar refractivity (Wildman–Crippen MR) is 96.1 cm³/mol. The van der Waals surface area contributed by atoms with Crippen LogP contribution in [0.5, 0.6) is 0 Å². The lowest BCUT2D eigenvalue weighted by molar-refractivity contribution is 0.859. The van der Waals surface area contributed by atoms with E-state index in [1.807, 2.05) is 47.0 Å². The molecule has 3 N–H and O–H groups in total. The highest BCUT2D eigenvalue weighted by molar-refractivity contribution is 5.92. The van der Waals surface area contributed by atoms with E-state index < -0.39 is 0 Å². The van der Waals surface area contributed by atoms with Gasteiger partial charge in [0.05, 0.1) is 0 Å². The van der Waals surface area contributed by atoms with Crippen LogP contribution >= 0.6 is 0 Å². The maximum Gasteiger partial charge on any atom is 0.193 e. The number of aromatic nitrogens is 3. The average molecular weight is 320 g/mol. The van der Waals surface area contributed by atoms with Crippen molar-refractivity contribution < 1.29 is 0 Å². The number of rotatable bonds is 5. The Kier molecular flexibility index (Phi) is 4.86. The first-order chi connectivity index (χ1) is 11.8. The summed E-state index contributed by atoms with van der Waals surface area (Å²) in [5.41, 5.74) is 9.16. The minimum atomic E-state index is 0.348. The Balaban J connectivity index is 1.71. The molecule has 3 rings (SSSR count). The summed E-state index contributed by atoms with van der Waals surface area (Å²) in [4.78, 5) is 4.36. The van der Waals surface area contributed by atoms with Crippen molar-refractivity contribution in [3.05, 3.63) is 72.3 Å². The maximum absolute atomic E-state index is 5.98. The second-order valence-electron chi connectivity index (χ2n) is 5.33. The van der Waals surface area contributed by atoms with Gasteiger partial charge in [-0.05, 0) is 36.2 Å². The Hall–Kier alpha value is -3.15. The number of nitrogens with one attached hydrogen (secondary N) is 1. The molecule has 0 spiro atoms. The molecule has 0 unspecified atom stereocenters. The highest BCUT2D eigenvalue weighted by Crippen LogP contribution is 2.12. The molecule has 0 saturated heterocycles. The molecule has 3 aromatic rings.